The summed E-state index contributed by atoms with van der Waals surface area (Å²) in [4.78, 5) is 16.7. The number of rotatable bonds is 7. The van der Waals surface area contributed by atoms with Crippen LogP contribution in [0.1, 0.15) is 31.9 Å². The van der Waals surface area contributed by atoms with Crippen LogP contribution in [-0.2, 0) is 19.7 Å². The lowest BCUT2D eigenvalue weighted by Gasteiger charge is -2.26. The van der Waals surface area contributed by atoms with E-state index in [0.29, 0.717) is 43.9 Å². The quantitative estimate of drug-likeness (QED) is 0.731. The molecule has 0 bridgehead atoms. The van der Waals surface area contributed by atoms with E-state index in [1.165, 1.54) is 4.31 Å². The van der Waals surface area contributed by atoms with Gasteiger partial charge >= 0.3 is 0 Å². The number of oxime groups is 1. The van der Waals surface area contributed by atoms with Crippen LogP contribution >= 0.6 is 0 Å². The van der Waals surface area contributed by atoms with E-state index in [4.69, 9.17) is 9.36 Å². The van der Waals surface area contributed by atoms with Gasteiger partial charge in [0.05, 0.1) is 11.5 Å². The van der Waals surface area contributed by atoms with Gasteiger partial charge in [-0.25, -0.2) is 12.7 Å². The molecule has 1 aliphatic rings. The van der Waals surface area contributed by atoms with Crippen LogP contribution in [0.2, 0.25) is 0 Å². The van der Waals surface area contributed by atoms with Crippen LogP contribution in [-0.4, -0.2) is 54.9 Å². The number of aromatic nitrogens is 1. The van der Waals surface area contributed by atoms with E-state index in [-0.39, 0.29) is 12.4 Å². The third-order valence-electron chi connectivity index (χ3n) is 3.44. The molecule has 0 aliphatic carbocycles. The first-order valence-corrected chi connectivity index (χ1v) is 9.40. The molecule has 1 saturated heterocycles. The molecule has 134 valence electrons. The summed E-state index contributed by atoms with van der Waals surface area (Å²) >= 11 is 0. The van der Waals surface area contributed by atoms with Crippen molar-refractivity contribution in [1.29, 1.82) is 0 Å². The van der Waals surface area contributed by atoms with Crippen LogP contribution in [0, 0.1) is 6.92 Å². The highest BCUT2D eigenvalue weighted by molar-refractivity contribution is 7.89. The number of carbonyl (C=O) groups excluding carboxylic acids is 1. The summed E-state index contributed by atoms with van der Waals surface area (Å²) in [6.07, 6.45) is 1.61. The highest BCUT2D eigenvalue weighted by Gasteiger charge is 2.25. The number of sulfonamides is 1. The van der Waals surface area contributed by atoms with Gasteiger partial charge in [-0.05, 0) is 13.3 Å². The van der Waals surface area contributed by atoms with E-state index < -0.39 is 15.9 Å². The molecule has 10 heteroatoms. The zero-order chi connectivity index (χ0) is 17.6. The molecule has 0 saturated carbocycles. The van der Waals surface area contributed by atoms with E-state index in [2.05, 4.69) is 15.6 Å². The summed E-state index contributed by atoms with van der Waals surface area (Å²) in [7, 11) is -3.17. The molecule has 0 atom stereocenters. The van der Waals surface area contributed by atoms with Gasteiger partial charge in [0, 0.05) is 32.0 Å². The van der Waals surface area contributed by atoms with Gasteiger partial charge in [0.25, 0.3) is 5.91 Å². The van der Waals surface area contributed by atoms with E-state index in [9.17, 15) is 13.2 Å². The minimum Gasteiger partial charge on any atom is -0.386 e. The Hall–Kier alpha value is -1.94. The molecular formula is C14H22N4O5S. The summed E-state index contributed by atoms with van der Waals surface area (Å²) in [6.45, 7) is 4.11. The van der Waals surface area contributed by atoms with Crippen molar-refractivity contribution in [2.75, 3.05) is 30.8 Å². The van der Waals surface area contributed by atoms with Gasteiger partial charge in [-0.1, -0.05) is 17.2 Å². The monoisotopic (exact) mass is 358 g/mol. The van der Waals surface area contributed by atoms with E-state index in [0.717, 1.165) is 5.71 Å². The minimum atomic E-state index is -3.17. The predicted octanol–water partition coefficient (Wildman–Crippen LogP) is 1.13. The molecule has 2 heterocycles. The smallest absolute Gasteiger partial charge is 0.266 e. The Labute approximate surface area is 141 Å². The van der Waals surface area contributed by atoms with Crippen molar-refractivity contribution in [1.82, 2.24) is 9.46 Å². The first-order valence-electron chi connectivity index (χ1n) is 7.79. The maximum Gasteiger partial charge on any atom is 0.266 e. The van der Waals surface area contributed by atoms with Crippen molar-refractivity contribution in [3.05, 3.63) is 11.8 Å². The van der Waals surface area contributed by atoms with Gasteiger partial charge < -0.3 is 14.7 Å². The highest BCUT2D eigenvalue weighted by Crippen LogP contribution is 2.13. The lowest BCUT2D eigenvalue weighted by atomic mass is 10.1. The van der Waals surface area contributed by atoms with Crippen LogP contribution in [0.4, 0.5) is 5.82 Å². The molecule has 1 aliphatic heterocycles. The van der Waals surface area contributed by atoms with Crippen LogP contribution < -0.4 is 5.32 Å². The van der Waals surface area contributed by atoms with E-state index in [1.807, 2.05) is 6.92 Å². The molecule has 1 aromatic heterocycles. The summed E-state index contributed by atoms with van der Waals surface area (Å²) in [6, 6.07) is 1.59. The third-order valence-corrected chi connectivity index (χ3v) is 5.52. The number of amides is 1. The average molecular weight is 358 g/mol. The zero-order valence-electron chi connectivity index (χ0n) is 13.8. The first-order chi connectivity index (χ1) is 11.4. The molecule has 0 aromatic carbocycles. The van der Waals surface area contributed by atoms with E-state index in [1.54, 1.807) is 13.0 Å². The van der Waals surface area contributed by atoms with Gasteiger partial charge in [-0.15, -0.1) is 0 Å². The Morgan fingerprint density at radius 2 is 2.17 bits per heavy atom. The zero-order valence-corrected chi connectivity index (χ0v) is 14.6. The van der Waals surface area contributed by atoms with Gasteiger partial charge in [0.1, 0.15) is 5.76 Å². The average Bonchev–Trinajstić information content (AvgIpc) is 2.93. The number of hydrogen-bond acceptors (Lipinski definition) is 7. The normalized spacial score (nSPS) is 16.0. The Bertz CT molecular complexity index is 688. The molecule has 24 heavy (non-hydrogen) atoms. The summed E-state index contributed by atoms with van der Waals surface area (Å²) in [5.41, 5.74) is 0.753. The largest absolute Gasteiger partial charge is 0.386 e. The Balaban J connectivity index is 1.73. The Kier molecular flexibility index (Phi) is 6.32. The van der Waals surface area contributed by atoms with Gasteiger partial charge in [-0.3, -0.25) is 4.79 Å². The van der Waals surface area contributed by atoms with Crippen LogP contribution in [0.15, 0.2) is 15.7 Å². The second-order valence-corrected chi connectivity index (χ2v) is 7.61. The molecule has 0 spiro atoms. The van der Waals surface area contributed by atoms with Crippen molar-refractivity contribution in [3.63, 3.8) is 0 Å². The number of piperidine rings is 1. The fourth-order valence-corrected chi connectivity index (χ4v) is 3.80. The lowest BCUT2D eigenvalue weighted by Crippen LogP contribution is -2.39. The highest BCUT2D eigenvalue weighted by atomic mass is 32.2. The minimum absolute atomic E-state index is 0.164. The molecule has 1 amide bonds. The number of carbonyl (C=O) groups is 1. The van der Waals surface area contributed by atoms with Crippen LogP contribution in [0.3, 0.4) is 0 Å². The maximum absolute atomic E-state index is 12.0. The number of aryl methyl sites for hydroxylation is 1. The molecule has 1 fully saturated rings. The standard InChI is InChI=1S/C14H22N4O5S/c1-3-8-24(20,21)18-6-4-12(5-7-18)16-22-10-14(19)15-13-9-11(2)23-17-13/h9H,3-8,10H2,1-2H3,(H,15,17,19). The fourth-order valence-electron chi connectivity index (χ4n) is 2.29. The number of hydrogen-bond donors (Lipinski definition) is 1. The molecular weight excluding hydrogens is 336 g/mol. The third kappa shape index (κ3) is 5.31. The number of nitrogens with one attached hydrogen (secondary N) is 1. The molecule has 1 aromatic rings. The Morgan fingerprint density at radius 1 is 1.46 bits per heavy atom. The maximum atomic E-state index is 12.0. The van der Waals surface area contributed by atoms with Gasteiger partial charge in [-0.2, -0.15) is 0 Å². The predicted molar refractivity (Wildman–Crippen MR) is 88.1 cm³/mol. The van der Waals surface area contributed by atoms with Crippen molar-refractivity contribution in [2.24, 2.45) is 5.16 Å². The van der Waals surface area contributed by atoms with Crippen molar-refractivity contribution >= 4 is 27.5 Å². The summed E-state index contributed by atoms with van der Waals surface area (Å²) < 4.78 is 30.2. The van der Waals surface area contributed by atoms with Gasteiger partial charge in [0.2, 0.25) is 10.0 Å². The van der Waals surface area contributed by atoms with E-state index >= 15 is 0 Å². The molecule has 2 rings (SSSR count). The van der Waals surface area contributed by atoms with Crippen molar-refractivity contribution in [3.8, 4) is 0 Å². The van der Waals surface area contributed by atoms with Crippen molar-refractivity contribution < 1.29 is 22.6 Å². The Morgan fingerprint density at radius 3 is 2.75 bits per heavy atom. The molecule has 9 nitrogen and oxygen atoms in total. The second kappa shape index (κ2) is 8.25. The molecule has 0 radical (unpaired) electrons. The van der Waals surface area contributed by atoms with Crippen LogP contribution in [0.25, 0.3) is 0 Å². The molecule has 1 N–H and O–H groups in total. The van der Waals surface area contributed by atoms with Crippen LogP contribution in [0.5, 0.6) is 0 Å². The number of nitrogens with zero attached hydrogens (tertiary/aromatic N) is 3. The summed E-state index contributed by atoms with van der Waals surface area (Å²) in [5.74, 6) is 0.688. The number of anilines is 1. The SMILES string of the molecule is CCCS(=O)(=O)N1CCC(=NOCC(=O)Nc2cc(C)on2)CC1. The summed E-state index contributed by atoms with van der Waals surface area (Å²) in [5, 5.41) is 10.1. The second-order valence-electron chi connectivity index (χ2n) is 5.52. The topological polar surface area (TPSA) is 114 Å². The van der Waals surface area contributed by atoms with Crippen molar-refractivity contribution in [2.45, 2.75) is 33.1 Å². The van der Waals surface area contributed by atoms with Gasteiger partial charge in [0.15, 0.2) is 12.4 Å². The lowest BCUT2D eigenvalue weighted by molar-refractivity contribution is -0.120. The fraction of sp³-hybridized carbons (Fsp3) is 0.643. The molecule has 0 unspecified atom stereocenters. The first kappa shape index (κ1) is 18.4.